The summed E-state index contributed by atoms with van der Waals surface area (Å²) >= 11 is 8.07. The van der Waals surface area contributed by atoms with Crippen LogP contribution >= 0.6 is 25.3 Å². The van der Waals surface area contributed by atoms with Crippen molar-refractivity contribution in [2.45, 2.75) is 16.9 Å². The second-order valence-electron chi connectivity index (χ2n) is 2.50. The quantitative estimate of drug-likeness (QED) is 0.483. The summed E-state index contributed by atoms with van der Waals surface area (Å²) in [5.41, 5.74) is 0. The van der Waals surface area contributed by atoms with Crippen LogP contribution in [0.25, 0.3) is 0 Å². The van der Waals surface area contributed by atoms with E-state index < -0.39 is 10.5 Å². The fourth-order valence-corrected chi connectivity index (χ4v) is 1.60. The van der Waals surface area contributed by atoms with Gasteiger partial charge in [-0.25, -0.2) is 0 Å². The molecule has 0 saturated heterocycles. The van der Waals surface area contributed by atoms with E-state index in [0.29, 0.717) is 6.42 Å². The van der Waals surface area contributed by atoms with E-state index in [0.717, 1.165) is 0 Å². The van der Waals surface area contributed by atoms with Crippen molar-refractivity contribution >= 4 is 37.1 Å². The van der Waals surface area contributed by atoms with Gasteiger partial charge >= 0.3 is 0 Å². The number of carbonyl (C=O) groups is 2. The van der Waals surface area contributed by atoms with Gasteiger partial charge in [-0.1, -0.05) is 0 Å². The molecule has 13 heavy (non-hydrogen) atoms. The van der Waals surface area contributed by atoms with Crippen LogP contribution in [-0.4, -0.2) is 36.4 Å². The third kappa shape index (κ3) is 4.42. The molecule has 0 radical (unpaired) electrons. The zero-order valence-electron chi connectivity index (χ0n) is 7.57. The van der Waals surface area contributed by atoms with E-state index in [4.69, 9.17) is 0 Å². The summed E-state index contributed by atoms with van der Waals surface area (Å²) < 4.78 is 0. The van der Waals surface area contributed by atoms with E-state index in [1.54, 1.807) is 0 Å². The van der Waals surface area contributed by atoms with Crippen LogP contribution in [0.1, 0.15) is 6.42 Å². The summed E-state index contributed by atoms with van der Waals surface area (Å²) in [6.45, 7) is 0. The lowest BCUT2D eigenvalue weighted by Gasteiger charge is -2.13. The van der Waals surface area contributed by atoms with Gasteiger partial charge in [-0.2, -0.15) is 25.3 Å². The lowest BCUT2D eigenvalue weighted by Crippen LogP contribution is -2.35. The number of hydrogen-bond acceptors (Lipinski definition) is 4. The number of hydrogen-bond donors (Lipinski definition) is 4. The molecule has 0 spiro atoms. The molecule has 0 saturated carbocycles. The first-order valence-electron chi connectivity index (χ1n) is 3.82. The predicted molar refractivity (Wildman–Crippen MR) is 58.3 cm³/mol. The minimum Gasteiger partial charge on any atom is -0.358 e. The average Bonchev–Trinajstić information content (AvgIpc) is 2.14. The Labute approximate surface area is 88.7 Å². The van der Waals surface area contributed by atoms with Crippen LogP contribution in [0.5, 0.6) is 0 Å². The van der Waals surface area contributed by atoms with E-state index in [1.165, 1.54) is 14.1 Å². The molecule has 0 aliphatic heterocycles. The smallest absolute Gasteiger partial charge is 0.232 e. The molecule has 0 heterocycles. The number of rotatable bonds is 4. The fraction of sp³-hybridized carbons (Fsp3) is 0.714. The lowest BCUT2D eigenvalue weighted by molar-refractivity contribution is -0.121. The first-order valence-corrected chi connectivity index (χ1v) is 4.85. The van der Waals surface area contributed by atoms with Crippen molar-refractivity contribution in [2.24, 2.45) is 0 Å². The van der Waals surface area contributed by atoms with Gasteiger partial charge in [-0.05, 0) is 6.42 Å². The maximum Gasteiger partial charge on any atom is 0.232 e. The number of amides is 2. The average molecular weight is 222 g/mol. The summed E-state index contributed by atoms with van der Waals surface area (Å²) in [6, 6.07) is 0. The van der Waals surface area contributed by atoms with Crippen LogP contribution in [0.15, 0.2) is 0 Å². The van der Waals surface area contributed by atoms with E-state index in [2.05, 4.69) is 35.9 Å². The lowest BCUT2D eigenvalue weighted by atomic mass is 10.2. The van der Waals surface area contributed by atoms with Gasteiger partial charge in [0.2, 0.25) is 11.8 Å². The number of carbonyl (C=O) groups excluding carboxylic acids is 2. The van der Waals surface area contributed by atoms with Gasteiger partial charge in [0.15, 0.2) is 0 Å². The molecule has 2 atom stereocenters. The molecule has 0 bridgehead atoms. The Hall–Kier alpha value is -0.360. The van der Waals surface area contributed by atoms with Gasteiger partial charge in [-0.3, -0.25) is 9.59 Å². The van der Waals surface area contributed by atoms with Gasteiger partial charge in [0.25, 0.3) is 0 Å². The molecule has 0 fully saturated rings. The third-order valence-corrected chi connectivity index (χ3v) is 2.44. The summed E-state index contributed by atoms with van der Waals surface area (Å²) in [4.78, 5) is 22.0. The van der Waals surface area contributed by atoms with Crippen LogP contribution < -0.4 is 10.6 Å². The van der Waals surface area contributed by atoms with Crippen molar-refractivity contribution in [1.29, 1.82) is 0 Å². The molecule has 0 rings (SSSR count). The highest BCUT2D eigenvalue weighted by atomic mass is 32.1. The van der Waals surface area contributed by atoms with Crippen LogP contribution in [0.2, 0.25) is 0 Å². The Morgan fingerprint density at radius 3 is 1.62 bits per heavy atom. The maximum atomic E-state index is 11.0. The van der Waals surface area contributed by atoms with Crippen molar-refractivity contribution in [1.82, 2.24) is 10.6 Å². The monoisotopic (exact) mass is 222 g/mol. The molecule has 76 valence electrons. The molecular formula is C7H14N2O2S2. The van der Waals surface area contributed by atoms with Crippen LogP contribution in [0.3, 0.4) is 0 Å². The second-order valence-corrected chi connectivity index (χ2v) is 3.74. The summed E-state index contributed by atoms with van der Waals surface area (Å²) in [5, 5.41) is 3.90. The topological polar surface area (TPSA) is 58.2 Å². The summed E-state index contributed by atoms with van der Waals surface area (Å²) in [7, 11) is 3.05. The van der Waals surface area contributed by atoms with Gasteiger partial charge < -0.3 is 10.6 Å². The molecule has 0 aromatic rings. The Bertz CT molecular complexity index is 179. The molecule has 2 N–H and O–H groups in total. The molecule has 0 aromatic carbocycles. The largest absolute Gasteiger partial charge is 0.358 e. The Morgan fingerprint density at radius 2 is 1.38 bits per heavy atom. The molecule has 0 aliphatic rings. The van der Waals surface area contributed by atoms with Gasteiger partial charge in [0, 0.05) is 14.1 Å². The Morgan fingerprint density at radius 1 is 1.08 bits per heavy atom. The molecule has 4 nitrogen and oxygen atoms in total. The standard InChI is InChI=1S/C7H14N2O2S2/c1-8-6(10)4(12)3-5(13)7(11)9-2/h4-5,12-13H,3H2,1-2H3,(H,8,10)(H,9,11). The van der Waals surface area contributed by atoms with Crippen molar-refractivity contribution in [3.05, 3.63) is 0 Å². The van der Waals surface area contributed by atoms with Crippen molar-refractivity contribution in [3.8, 4) is 0 Å². The van der Waals surface area contributed by atoms with Gasteiger partial charge in [-0.15, -0.1) is 0 Å². The van der Waals surface area contributed by atoms with Crippen LogP contribution in [-0.2, 0) is 9.59 Å². The molecular weight excluding hydrogens is 208 g/mol. The molecule has 0 aliphatic carbocycles. The van der Waals surface area contributed by atoms with Gasteiger partial charge in [0.1, 0.15) is 0 Å². The molecule has 0 aromatic heterocycles. The minimum absolute atomic E-state index is 0.203. The highest BCUT2D eigenvalue weighted by Crippen LogP contribution is 2.10. The van der Waals surface area contributed by atoms with E-state index in [-0.39, 0.29) is 11.8 Å². The fourth-order valence-electron chi connectivity index (χ4n) is 0.759. The molecule has 6 heteroatoms. The predicted octanol–water partition coefficient (Wildman–Crippen LogP) is -0.535. The first-order chi connectivity index (χ1) is 6.02. The third-order valence-electron chi connectivity index (χ3n) is 1.54. The Balaban J connectivity index is 3.98. The second kappa shape index (κ2) is 6.15. The van der Waals surface area contributed by atoms with E-state index in [9.17, 15) is 9.59 Å². The zero-order valence-corrected chi connectivity index (χ0v) is 9.36. The molecule has 2 unspecified atom stereocenters. The van der Waals surface area contributed by atoms with E-state index >= 15 is 0 Å². The van der Waals surface area contributed by atoms with Crippen molar-refractivity contribution in [3.63, 3.8) is 0 Å². The summed E-state index contributed by atoms with van der Waals surface area (Å²) in [6.07, 6.45) is 0.311. The molecule has 2 amide bonds. The van der Waals surface area contributed by atoms with Crippen molar-refractivity contribution in [2.75, 3.05) is 14.1 Å². The minimum atomic E-state index is -0.496. The first kappa shape index (κ1) is 12.6. The zero-order chi connectivity index (χ0) is 10.4. The highest BCUT2D eigenvalue weighted by molar-refractivity contribution is 7.82. The van der Waals surface area contributed by atoms with Crippen LogP contribution in [0.4, 0.5) is 0 Å². The number of nitrogens with one attached hydrogen (secondary N) is 2. The summed E-state index contributed by atoms with van der Waals surface area (Å²) in [5.74, 6) is -0.405. The van der Waals surface area contributed by atoms with E-state index in [1.807, 2.05) is 0 Å². The van der Waals surface area contributed by atoms with Gasteiger partial charge in [0.05, 0.1) is 10.5 Å². The Kier molecular flexibility index (Phi) is 5.98. The number of thiol groups is 2. The maximum absolute atomic E-state index is 11.0. The normalized spacial score (nSPS) is 14.5. The van der Waals surface area contributed by atoms with Crippen molar-refractivity contribution < 1.29 is 9.59 Å². The SMILES string of the molecule is CNC(=O)C(S)CC(S)C(=O)NC. The highest BCUT2D eigenvalue weighted by Gasteiger charge is 2.20. The van der Waals surface area contributed by atoms with Crippen LogP contribution in [0, 0.1) is 0 Å².